The Hall–Kier alpha value is -0.830. The Morgan fingerprint density at radius 2 is 2.31 bits per heavy atom. The molecule has 3 heteroatoms. The van der Waals surface area contributed by atoms with Crippen LogP contribution in [0.25, 0.3) is 0 Å². The van der Waals surface area contributed by atoms with Crippen molar-refractivity contribution in [3.8, 4) is 0 Å². The summed E-state index contributed by atoms with van der Waals surface area (Å²) in [5, 5.41) is 3.67. The topological polar surface area (TPSA) is 29.9 Å². The molecule has 1 atom stereocenters. The van der Waals surface area contributed by atoms with Crippen LogP contribution >= 0.6 is 0 Å². The Morgan fingerprint density at radius 3 is 2.75 bits per heavy atom. The molecule has 1 aliphatic rings. The fourth-order valence-corrected chi connectivity index (χ4v) is 2.46. The molecule has 1 aromatic rings. The van der Waals surface area contributed by atoms with E-state index in [0.717, 1.165) is 18.8 Å². The second-order valence-electron chi connectivity index (χ2n) is 5.40. The van der Waals surface area contributed by atoms with Gasteiger partial charge in [0.25, 0.3) is 0 Å². The van der Waals surface area contributed by atoms with Crippen LogP contribution in [0.15, 0.2) is 12.4 Å². The highest BCUT2D eigenvalue weighted by Crippen LogP contribution is 2.39. The summed E-state index contributed by atoms with van der Waals surface area (Å²) in [5.74, 6) is 1.16. The zero-order valence-corrected chi connectivity index (χ0v) is 10.7. The lowest BCUT2D eigenvalue weighted by atomic mass is 9.70. The molecule has 0 amide bonds. The van der Waals surface area contributed by atoms with E-state index in [0.29, 0.717) is 11.5 Å². The van der Waals surface area contributed by atoms with Gasteiger partial charge in [0.2, 0.25) is 0 Å². The molecule has 90 valence electrons. The highest BCUT2D eigenvalue weighted by molar-refractivity contribution is 4.99. The van der Waals surface area contributed by atoms with Crippen LogP contribution in [0, 0.1) is 5.41 Å². The summed E-state index contributed by atoms with van der Waals surface area (Å²) in [6.45, 7) is 5.72. The van der Waals surface area contributed by atoms with E-state index in [-0.39, 0.29) is 0 Å². The van der Waals surface area contributed by atoms with Crippen molar-refractivity contribution < 1.29 is 0 Å². The van der Waals surface area contributed by atoms with Crippen LogP contribution in [-0.4, -0.2) is 16.1 Å². The predicted octanol–water partition coefficient (Wildman–Crippen LogP) is 2.65. The smallest absolute Gasteiger partial charge is 0.125 e. The molecule has 0 radical (unpaired) electrons. The Morgan fingerprint density at radius 1 is 1.56 bits per heavy atom. The van der Waals surface area contributed by atoms with Gasteiger partial charge in [0, 0.05) is 26.0 Å². The van der Waals surface area contributed by atoms with Crippen LogP contribution in [-0.2, 0) is 7.05 Å². The Balaban J connectivity index is 1.93. The first kappa shape index (κ1) is 11.6. The van der Waals surface area contributed by atoms with Gasteiger partial charge >= 0.3 is 0 Å². The first-order valence-electron chi connectivity index (χ1n) is 6.35. The monoisotopic (exact) mass is 221 g/mol. The van der Waals surface area contributed by atoms with Gasteiger partial charge in [0.1, 0.15) is 5.82 Å². The molecule has 1 heterocycles. The first-order chi connectivity index (χ1) is 7.64. The van der Waals surface area contributed by atoms with E-state index in [1.54, 1.807) is 0 Å². The van der Waals surface area contributed by atoms with Gasteiger partial charge in [0.05, 0.1) is 6.04 Å². The van der Waals surface area contributed by atoms with Crippen LogP contribution in [0.1, 0.15) is 51.4 Å². The standard InChI is InChI=1S/C13H23N3/c1-4-11(12-14-8-9-16(12)3)15-10-13(2)6-5-7-13/h8-9,11,15H,4-7,10H2,1-3H3. The predicted molar refractivity (Wildman–Crippen MR) is 66.2 cm³/mol. The second kappa shape index (κ2) is 4.58. The number of hydrogen-bond acceptors (Lipinski definition) is 2. The van der Waals surface area contributed by atoms with Crippen LogP contribution in [0.4, 0.5) is 0 Å². The summed E-state index contributed by atoms with van der Waals surface area (Å²) < 4.78 is 2.12. The summed E-state index contributed by atoms with van der Waals surface area (Å²) in [6.07, 6.45) is 9.14. The molecule has 1 N–H and O–H groups in total. The van der Waals surface area contributed by atoms with Crippen molar-refractivity contribution in [2.75, 3.05) is 6.54 Å². The Bertz CT molecular complexity index is 339. The van der Waals surface area contributed by atoms with Gasteiger partial charge in [-0.2, -0.15) is 0 Å². The number of nitrogens with zero attached hydrogens (tertiary/aromatic N) is 2. The third-order valence-electron chi connectivity index (χ3n) is 3.91. The van der Waals surface area contributed by atoms with Crippen molar-refractivity contribution in [3.05, 3.63) is 18.2 Å². The molecule has 0 aliphatic heterocycles. The number of aryl methyl sites for hydroxylation is 1. The van der Waals surface area contributed by atoms with E-state index < -0.39 is 0 Å². The van der Waals surface area contributed by atoms with E-state index in [9.17, 15) is 0 Å². The lowest BCUT2D eigenvalue weighted by Crippen LogP contribution is -2.39. The molecule has 0 aromatic carbocycles. The fraction of sp³-hybridized carbons (Fsp3) is 0.769. The van der Waals surface area contributed by atoms with Crippen LogP contribution < -0.4 is 5.32 Å². The Labute approximate surface area is 98.3 Å². The average Bonchev–Trinajstić information content (AvgIpc) is 2.63. The minimum Gasteiger partial charge on any atom is -0.337 e. The molecule has 1 unspecified atom stereocenters. The lowest BCUT2D eigenvalue weighted by molar-refractivity contribution is 0.149. The molecule has 1 aromatic heterocycles. The van der Waals surface area contributed by atoms with E-state index in [4.69, 9.17) is 0 Å². The first-order valence-corrected chi connectivity index (χ1v) is 6.35. The van der Waals surface area contributed by atoms with Crippen molar-refractivity contribution >= 4 is 0 Å². The van der Waals surface area contributed by atoms with Gasteiger partial charge in [-0.05, 0) is 24.7 Å². The van der Waals surface area contributed by atoms with E-state index >= 15 is 0 Å². The summed E-state index contributed by atoms with van der Waals surface area (Å²) in [5.41, 5.74) is 0.540. The summed E-state index contributed by atoms with van der Waals surface area (Å²) in [4.78, 5) is 4.43. The maximum atomic E-state index is 4.43. The highest BCUT2D eigenvalue weighted by atomic mass is 15.1. The van der Waals surface area contributed by atoms with Crippen LogP contribution in [0.5, 0.6) is 0 Å². The van der Waals surface area contributed by atoms with Gasteiger partial charge in [-0.1, -0.05) is 20.3 Å². The molecular weight excluding hydrogens is 198 g/mol. The number of rotatable bonds is 5. The number of imidazole rings is 1. The maximum Gasteiger partial charge on any atom is 0.125 e. The summed E-state index contributed by atoms with van der Waals surface area (Å²) in [6, 6.07) is 0.400. The quantitative estimate of drug-likeness (QED) is 0.828. The fourth-order valence-electron chi connectivity index (χ4n) is 2.46. The maximum absolute atomic E-state index is 4.43. The van der Waals surface area contributed by atoms with E-state index in [2.05, 4.69) is 35.8 Å². The number of nitrogens with one attached hydrogen (secondary N) is 1. The van der Waals surface area contributed by atoms with Crippen molar-refractivity contribution in [3.63, 3.8) is 0 Å². The number of aromatic nitrogens is 2. The minimum absolute atomic E-state index is 0.400. The van der Waals surface area contributed by atoms with E-state index in [1.807, 2.05) is 12.4 Å². The van der Waals surface area contributed by atoms with E-state index in [1.165, 1.54) is 19.3 Å². The van der Waals surface area contributed by atoms with Crippen molar-refractivity contribution in [2.45, 2.75) is 45.6 Å². The SMILES string of the molecule is CCC(NCC1(C)CCC1)c1nccn1C. The molecule has 3 nitrogen and oxygen atoms in total. The third-order valence-corrected chi connectivity index (χ3v) is 3.91. The molecule has 0 bridgehead atoms. The molecule has 1 saturated carbocycles. The molecule has 0 spiro atoms. The number of hydrogen-bond donors (Lipinski definition) is 1. The normalized spacial score (nSPS) is 20.4. The van der Waals surface area contributed by atoms with Gasteiger partial charge in [-0.15, -0.1) is 0 Å². The van der Waals surface area contributed by atoms with Gasteiger partial charge < -0.3 is 9.88 Å². The molecular formula is C13H23N3. The molecule has 1 fully saturated rings. The van der Waals surface area contributed by atoms with Crippen LogP contribution in [0.3, 0.4) is 0 Å². The molecule has 16 heavy (non-hydrogen) atoms. The highest BCUT2D eigenvalue weighted by Gasteiger charge is 2.32. The van der Waals surface area contributed by atoms with Crippen LogP contribution in [0.2, 0.25) is 0 Å². The summed E-state index contributed by atoms with van der Waals surface area (Å²) in [7, 11) is 2.07. The minimum atomic E-state index is 0.400. The van der Waals surface area contributed by atoms with Gasteiger partial charge in [-0.25, -0.2) is 4.98 Å². The van der Waals surface area contributed by atoms with Crippen molar-refractivity contribution in [2.24, 2.45) is 12.5 Å². The lowest BCUT2D eigenvalue weighted by Gasteiger charge is -2.39. The molecule has 2 rings (SSSR count). The molecule has 0 saturated heterocycles. The third kappa shape index (κ3) is 2.29. The van der Waals surface area contributed by atoms with Crippen molar-refractivity contribution in [1.82, 2.24) is 14.9 Å². The zero-order chi connectivity index (χ0) is 11.6. The largest absolute Gasteiger partial charge is 0.337 e. The van der Waals surface area contributed by atoms with Crippen molar-refractivity contribution in [1.29, 1.82) is 0 Å². The Kier molecular flexibility index (Phi) is 3.33. The average molecular weight is 221 g/mol. The zero-order valence-electron chi connectivity index (χ0n) is 10.7. The summed E-state index contributed by atoms with van der Waals surface area (Å²) >= 11 is 0. The van der Waals surface area contributed by atoms with Gasteiger partial charge in [0.15, 0.2) is 0 Å². The second-order valence-corrected chi connectivity index (χ2v) is 5.40. The molecule has 1 aliphatic carbocycles. The van der Waals surface area contributed by atoms with Gasteiger partial charge in [-0.3, -0.25) is 0 Å².